The number of aromatic nitrogens is 5. The lowest BCUT2D eigenvalue weighted by Gasteiger charge is -2.10. The second-order valence-corrected chi connectivity index (χ2v) is 9.19. The van der Waals surface area contributed by atoms with Gasteiger partial charge in [0.05, 0.1) is 24.2 Å². The van der Waals surface area contributed by atoms with E-state index in [9.17, 15) is 4.79 Å². The molecule has 0 fully saturated rings. The van der Waals surface area contributed by atoms with Crippen molar-refractivity contribution in [3.63, 3.8) is 0 Å². The van der Waals surface area contributed by atoms with Crippen LogP contribution in [0, 0.1) is 13.8 Å². The van der Waals surface area contributed by atoms with Gasteiger partial charge in [-0.3, -0.25) is 9.20 Å². The van der Waals surface area contributed by atoms with E-state index in [0.29, 0.717) is 27.3 Å². The minimum Gasteiger partial charge on any atom is -0.495 e. The number of ether oxygens (including phenoxy) is 1. The number of hydrogen-bond acceptors (Lipinski definition) is 6. The predicted molar refractivity (Wildman–Crippen MR) is 134 cm³/mol. The van der Waals surface area contributed by atoms with Crippen LogP contribution in [0.4, 0.5) is 5.69 Å². The van der Waals surface area contributed by atoms with Crippen molar-refractivity contribution < 1.29 is 9.53 Å². The molecule has 0 bridgehead atoms. The number of thioether (sulfide) groups is 1. The number of anilines is 1. The molecule has 5 aromatic rings. The second kappa shape index (κ2) is 9.00. The fourth-order valence-electron chi connectivity index (χ4n) is 3.63. The van der Waals surface area contributed by atoms with Crippen molar-refractivity contribution in [3.8, 4) is 17.0 Å². The number of nitrogens with one attached hydrogen (secondary N) is 1. The Morgan fingerprint density at radius 1 is 1.09 bits per heavy atom. The molecule has 0 saturated carbocycles. The average molecular weight is 493 g/mol. The zero-order valence-electron chi connectivity index (χ0n) is 18.7. The van der Waals surface area contributed by atoms with Gasteiger partial charge in [0.15, 0.2) is 10.8 Å². The molecule has 0 spiro atoms. The number of carbonyl (C=O) groups excluding carboxylic acids is 1. The van der Waals surface area contributed by atoms with Gasteiger partial charge < -0.3 is 10.1 Å². The smallest absolute Gasteiger partial charge is 0.234 e. The summed E-state index contributed by atoms with van der Waals surface area (Å²) in [7, 11) is 1.54. The quantitative estimate of drug-likeness (QED) is 0.334. The molecule has 10 heteroatoms. The maximum atomic E-state index is 12.5. The lowest BCUT2D eigenvalue weighted by molar-refractivity contribution is -0.113. The molecule has 0 atom stereocenters. The Labute approximate surface area is 204 Å². The van der Waals surface area contributed by atoms with E-state index >= 15 is 0 Å². The van der Waals surface area contributed by atoms with Crippen LogP contribution < -0.4 is 10.1 Å². The predicted octanol–water partition coefficient (Wildman–Crippen LogP) is 5.05. The van der Waals surface area contributed by atoms with Gasteiger partial charge in [-0.2, -0.15) is 5.10 Å². The average Bonchev–Trinajstić information content (AvgIpc) is 3.43. The normalized spacial score (nSPS) is 11.3. The number of hydrogen-bond donors (Lipinski definition) is 1. The molecular formula is C24H21ClN6O2S. The van der Waals surface area contributed by atoms with Crippen molar-refractivity contribution in [1.29, 1.82) is 0 Å². The summed E-state index contributed by atoms with van der Waals surface area (Å²) >= 11 is 7.33. The van der Waals surface area contributed by atoms with Crippen LogP contribution in [0.1, 0.15) is 11.1 Å². The Kier molecular flexibility index (Phi) is 5.89. The first-order chi connectivity index (χ1) is 16.4. The number of rotatable bonds is 6. The van der Waals surface area contributed by atoms with E-state index < -0.39 is 0 Å². The maximum absolute atomic E-state index is 12.5. The van der Waals surface area contributed by atoms with Crippen molar-refractivity contribution in [1.82, 2.24) is 24.2 Å². The number of fused-ring (bicyclic) bond motifs is 3. The summed E-state index contributed by atoms with van der Waals surface area (Å²) in [6.45, 7) is 4.18. The van der Waals surface area contributed by atoms with Gasteiger partial charge in [0.1, 0.15) is 11.3 Å². The fraction of sp³-hybridized carbons (Fsp3) is 0.167. The molecule has 1 amide bonds. The highest BCUT2D eigenvalue weighted by atomic mass is 35.5. The molecular weight excluding hydrogens is 472 g/mol. The Balaban J connectivity index is 1.37. The van der Waals surface area contributed by atoms with E-state index in [1.165, 1.54) is 22.9 Å². The Morgan fingerprint density at radius 3 is 2.74 bits per heavy atom. The number of aryl methyl sites for hydroxylation is 2. The maximum Gasteiger partial charge on any atom is 0.234 e. The van der Waals surface area contributed by atoms with Gasteiger partial charge in [0.25, 0.3) is 0 Å². The first-order valence-electron chi connectivity index (χ1n) is 10.5. The van der Waals surface area contributed by atoms with Crippen LogP contribution >= 0.6 is 23.4 Å². The van der Waals surface area contributed by atoms with Gasteiger partial charge in [-0.1, -0.05) is 35.5 Å². The topological polar surface area (TPSA) is 85.8 Å². The summed E-state index contributed by atoms with van der Waals surface area (Å²) in [4.78, 5) is 12.5. The van der Waals surface area contributed by atoms with Gasteiger partial charge in [0, 0.05) is 23.0 Å². The number of halogens is 1. The summed E-state index contributed by atoms with van der Waals surface area (Å²) < 4.78 is 8.93. The largest absolute Gasteiger partial charge is 0.495 e. The van der Waals surface area contributed by atoms with Crippen LogP contribution in [-0.4, -0.2) is 43.0 Å². The van der Waals surface area contributed by atoms with E-state index in [-0.39, 0.29) is 11.7 Å². The van der Waals surface area contributed by atoms with Crippen molar-refractivity contribution in [2.75, 3.05) is 18.2 Å². The van der Waals surface area contributed by atoms with Crippen molar-refractivity contribution in [2.45, 2.75) is 19.0 Å². The highest BCUT2D eigenvalue weighted by Crippen LogP contribution is 2.29. The van der Waals surface area contributed by atoms with E-state index in [2.05, 4.69) is 47.6 Å². The Morgan fingerprint density at radius 2 is 1.94 bits per heavy atom. The third-order valence-corrected chi connectivity index (χ3v) is 6.74. The number of carbonyl (C=O) groups is 1. The van der Waals surface area contributed by atoms with Gasteiger partial charge in [-0.15, -0.1) is 10.2 Å². The first kappa shape index (κ1) is 22.2. The summed E-state index contributed by atoms with van der Waals surface area (Å²) in [5.41, 5.74) is 6.40. The molecule has 0 aliphatic rings. The number of amides is 1. The van der Waals surface area contributed by atoms with Crippen LogP contribution in [-0.2, 0) is 4.79 Å². The van der Waals surface area contributed by atoms with E-state index in [1.807, 2.05) is 22.9 Å². The van der Waals surface area contributed by atoms with E-state index in [0.717, 1.165) is 16.8 Å². The molecule has 172 valence electrons. The molecule has 8 nitrogen and oxygen atoms in total. The van der Waals surface area contributed by atoms with Gasteiger partial charge in [-0.25, -0.2) is 4.52 Å². The monoisotopic (exact) mass is 492 g/mol. The minimum atomic E-state index is -0.204. The highest BCUT2D eigenvalue weighted by Gasteiger charge is 2.15. The molecule has 3 aromatic heterocycles. The van der Waals surface area contributed by atoms with Crippen LogP contribution in [0.5, 0.6) is 5.75 Å². The highest BCUT2D eigenvalue weighted by molar-refractivity contribution is 7.99. The molecule has 0 aliphatic heterocycles. The molecule has 0 radical (unpaired) electrons. The van der Waals surface area contributed by atoms with Crippen LogP contribution in [0.15, 0.2) is 60.0 Å². The van der Waals surface area contributed by atoms with Gasteiger partial charge in [0.2, 0.25) is 5.91 Å². The van der Waals surface area contributed by atoms with Gasteiger partial charge in [-0.05, 0) is 55.3 Å². The standard InChI is InChI=1S/C24H21ClN6O2S/c1-14-4-5-16(10-15(14)2)18-12-20-23-27-28-24(30(23)8-9-31(20)29-18)34-13-22(32)26-19-11-17(25)6-7-21(19)33-3/h4-12H,13H2,1-3H3,(H,26,32). The second-order valence-electron chi connectivity index (χ2n) is 7.81. The summed E-state index contributed by atoms with van der Waals surface area (Å²) in [5, 5.41) is 17.3. The molecule has 34 heavy (non-hydrogen) atoms. The lowest BCUT2D eigenvalue weighted by Crippen LogP contribution is -2.15. The SMILES string of the molecule is COc1ccc(Cl)cc1NC(=O)CSc1nnc2c3cc(-c4ccc(C)c(C)c4)nn3ccn12. The Hall–Kier alpha value is -3.56. The molecule has 0 aliphatic carbocycles. The van der Waals surface area contributed by atoms with Crippen LogP contribution in [0.3, 0.4) is 0 Å². The number of nitrogens with zero attached hydrogens (tertiary/aromatic N) is 5. The van der Waals surface area contributed by atoms with Crippen molar-refractivity contribution in [2.24, 2.45) is 0 Å². The molecule has 1 N–H and O–H groups in total. The number of methoxy groups -OCH3 is 1. The van der Waals surface area contributed by atoms with E-state index in [4.69, 9.17) is 21.4 Å². The molecule has 5 rings (SSSR count). The van der Waals surface area contributed by atoms with Crippen LogP contribution in [0.2, 0.25) is 5.02 Å². The zero-order chi connectivity index (χ0) is 23.8. The summed E-state index contributed by atoms with van der Waals surface area (Å²) in [6, 6.07) is 13.4. The minimum absolute atomic E-state index is 0.148. The van der Waals surface area contributed by atoms with Crippen molar-refractivity contribution in [3.05, 3.63) is 71.0 Å². The molecule has 2 aromatic carbocycles. The number of benzene rings is 2. The first-order valence-corrected chi connectivity index (χ1v) is 11.9. The molecule has 0 unspecified atom stereocenters. The summed E-state index contributed by atoms with van der Waals surface area (Å²) in [5.74, 6) is 0.484. The van der Waals surface area contributed by atoms with Crippen LogP contribution in [0.25, 0.3) is 22.4 Å². The van der Waals surface area contributed by atoms with Crippen molar-refractivity contribution >= 4 is 46.1 Å². The third kappa shape index (κ3) is 4.20. The van der Waals surface area contributed by atoms with E-state index in [1.54, 1.807) is 29.8 Å². The third-order valence-electron chi connectivity index (χ3n) is 5.56. The lowest BCUT2D eigenvalue weighted by atomic mass is 10.0. The van der Waals surface area contributed by atoms with Gasteiger partial charge >= 0.3 is 0 Å². The summed E-state index contributed by atoms with van der Waals surface area (Å²) in [6.07, 6.45) is 3.71. The molecule has 3 heterocycles. The molecule has 0 saturated heterocycles. The fourth-order valence-corrected chi connectivity index (χ4v) is 4.51. The zero-order valence-corrected chi connectivity index (χ0v) is 20.3. The Bertz CT molecular complexity index is 1540.